The van der Waals surface area contributed by atoms with Gasteiger partial charge in [0, 0.05) is 36.4 Å². The zero-order valence-corrected chi connectivity index (χ0v) is 19.0. The Labute approximate surface area is 188 Å². The molecule has 0 aromatic heterocycles. The van der Waals surface area contributed by atoms with Crippen molar-refractivity contribution in [2.75, 3.05) is 28.6 Å². The first kappa shape index (κ1) is 26.0. The lowest BCUT2D eigenvalue weighted by Gasteiger charge is -2.22. The summed E-state index contributed by atoms with van der Waals surface area (Å²) in [5.74, 6) is -0.713. The largest absolute Gasteiger partial charge is 1.00 e. The maximum Gasteiger partial charge on any atom is 0.294 e. The van der Waals surface area contributed by atoms with Crippen molar-refractivity contribution in [3.63, 3.8) is 0 Å². The van der Waals surface area contributed by atoms with E-state index in [4.69, 9.17) is 4.55 Å². The first-order chi connectivity index (χ1) is 14.2. The first-order valence-corrected chi connectivity index (χ1v) is 10.7. The molecular formula is C21H24ClN4O4S-. The molecule has 2 rings (SSSR count). The highest BCUT2D eigenvalue weighted by Gasteiger charge is 2.13. The Kier molecular flexibility index (Phi) is 9.52. The van der Waals surface area contributed by atoms with Crippen molar-refractivity contribution in [3.8, 4) is 6.07 Å². The molecule has 8 nitrogen and oxygen atoms in total. The number of hydrogen-bond donors (Lipinski definition) is 3. The van der Waals surface area contributed by atoms with Crippen molar-refractivity contribution in [2.45, 2.75) is 25.7 Å². The standard InChI is InChI=1S/C21H24N4O4S.ClH/c1-4-25(5-2)18-9-10-20(15(3)11-18)23-14-16(13-22)21(26)24-17-7-6-8-19(12-17)30(27,28)29;/h6-12,14,23H,4-5H2,1-3H3,(H,24,26)(H,27,28,29);1H/p-1/b16-14-;. The molecule has 10 heteroatoms. The Morgan fingerprint density at radius 1 is 1.19 bits per heavy atom. The molecule has 0 aliphatic rings. The highest BCUT2D eigenvalue weighted by atomic mass is 35.5. The number of carbonyl (C=O) groups excluding carboxylic acids is 1. The molecule has 3 N–H and O–H groups in total. The zero-order chi connectivity index (χ0) is 22.3. The van der Waals surface area contributed by atoms with Crippen LogP contribution in [0, 0.1) is 18.3 Å². The number of amides is 1. The molecule has 0 saturated heterocycles. The van der Waals surface area contributed by atoms with E-state index in [0.29, 0.717) is 0 Å². The Morgan fingerprint density at radius 2 is 1.87 bits per heavy atom. The van der Waals surface area contributed by atoms with Gasteiger partial charge in [0.1, 0.15) is 11.6 Å². The van der Waals surface area contributed by atoms with Gasteiger partial charge in [0.2, 0.25) is 0 Å². The predicted molar refractivity (Wildman–Crippen MR) is 117 cm³/mol. The summed E-state index contributed by atoms with van der Waals surface area (Å²) in [4.78, 5) is 14.2. The minimum absolute atomic E-state index is 0. The fourth-order valence-corrected chi connectivity index (χ4v) is 3.35. The number of hydrogen-bond acceptors (Lipinski definition) is 6. The third kappa shape index (κ3) is 7.00. The van der Waals surface area contributed by atoms with Crippen molar-refractivity contribution in [3.05, 3.63) is 59.8 Å². The van der Waals surface area contributed by atoms with Crippen LogP contribution in [-0.2, 0) is 14.9 Å². The normalized spacial score (nSPS) is 11.1. The van der Waals surface area contributed by atoms with Gasteiger partial charge in [-0.1, -0.05) is 6.07 Å². The summed E-state index contributed by atoms with van der Waals surface area (Å²) in [5.41, 5.74) is 2.73. The Bertz CT molecular complexity index is 1110. The second-order valence-electron chi connectivity index (χ2n) is 6.44. The van der Waals surface area contributed by atoms with Gasteiger partial charge < -0.3 is 27.9 Å². The summed E-state index contributed by atoms with van der Waals surface area (Å²) >= 11 is 0. The van der Waals surface area contributed by atoms with Gasteiger partial charge in [-0.2, -0.15) is 13.7 Å². The molecule has 0 bridgehead atoms. The Hall–Kier alpha value is -3.06. The molecule has 2 aromatic rings. The second-order valence-corrected chi connectivity index (χ2v) is 7.86. The third-order valence-corrected chi connectivity index (χ3v) is 5.32. The maximum absolute atomic E-state index is 12.4. The van der Waals surface area contributed by atoms with Gasteiger partial charge in [0.15, 0.2) is 0 Å². The van der Waals surface area contributed by atoms with Crippen LogP contribution in [0.5, 0.6) is 0 Å². The van der Waals surface area contributed by atoms with Gasteiger partial charge in [0.25, 0.3) is 16.0 Å². The molecule has 0 saturated carbocycles. The molecule has 0 heterocycles. The van der Waals surface area contributed by atoms with Crippen LogP contribution in [0.25, 0.3) is 0 Å². The van der Waals surface area contributed by atoms with Crippen molar-refractivity contribution < 1.29 is 30.2 Å². The minimum Gasteiger partial charge on any atom is -1.00 e. The molecule has 0 atom stereocenters. The number of nitriles is 1. The van der Waals surface area contributed by atoms with E-state index in [0.717, 1.165) is 36.1 Å². The number of rotatable bonds is 8. The number of benzene rings is 2. The van der Waals surface area contributed by atoms with Crippen LogP contribution in [0.1, 0.15) is 19.4 Å². The molecular weight excluding hydrogens is 440 g/mol. The number of halogens is 1. The van der Waals surface area contributed by atoms with Gasteiger partial charge in [-0.25, -0.2) is 0 Å². The molecule has 0 unspecified atom stereocenters. The molecule has 31 heavy (non-hydrogen) atoms. The highest BCUT2D eigenvalue weighted by molar-refractivity contribution is 7.85. The fraction of sp³-hybridized carbons (Fsp3) is 0.238. The molecule has 0 spiro atoms. The van der Waals surface area contributed by atoms with E-state index in [1.54, 1.807) is 0 Å². The summed E-state index contributed by atoms with van der Waals surface area (Å²) in [7, 11) is -4.40. The van der Waals surface area contributed by atoms with Crippen LogP contribution in [-0.4, -0.2) is 32.0 Å². The van der Waals surface area contributed by atoms with Crippen LogP contribution in [0.3, 0.4) is 0 Å². The molecule has 2 aromatic carbocycles. The number of carbonyl (C=O) groups is 1. The second kappa shape index (κ2) is 11.4. The summed E-state index contributed by atoms with van der Waals surface area (Å²) in [6, 6.07) is 12.8. The maximum atomic E-state index is 12.4. The zero-order valence-electron chi connectivity index (χ0n) is 17.4. The number of nitrogens with one attached hydrogen (secondary N) is 2. The van der Waals surface area contributed by atoms with Crippen LogP contribution in [0.15, 0.2) is 59.1 Å². The number of aryl methyl sites for hydroxylation is 1. The van der Waals surface area contributed by atoms with Gasteiger partial charge in [-0.05, 0) is 62.7 Å². The smallest absolute Gasteiger partial charge is 0.294 e. The Morgan fingerprint density at radius 3 is 2.42 bits per heavy atom. The van der Waals surface area contributed by atoms with E-state index < -0.39 is 16.0 Å². The van der Waals surface area contributed by atoms with Crippen LogP contribution >= 0.6 is 0 Å². The first-order valence-electron chi connectivity index (χ1n) is 9.30. The van der Waals surface area contributed by atoms with Crippen LogP contribution in [0.4, 0.5) is 17.1 Å². The lowest BCUT2D eigenvalue weighted by atomic mass is 10.1. The monoisotopic (exact) mass is 463 g/mol. The average molecular weight is 464 g/mol. The van der Waals surface area contributed by atoms with E-state index >= 15 is 0 Å². The average Bonchev–Trinajstić information content (AvgIpc) is 2.70. The van der Waals surface area contributed by atoms with Crippen molar-refractivity contribution >= 4 is 33.1 Å². The van der Waals surface area contributed by atoms with Gasteiger partial charge in [-0.3, -0.25) is 9.35 Å². The summed E-state index contributed by atoms with van der Waals surface area (Å²) < 4.78 is 31.6. The van der Waals surface area contributed by atoms with E-state index in [-0.39, 0.29) is 28.6 Å². The highest BCUT2D eigenvalue weighted by Crippen LogP contribution is 2.23. The van der Waals surface area contributed by atoms with Crippen LogP contribution < -0.4 is 27.9 Å². The van der Waals surface area contributed by atoms with Gasteiger partial charge >= 0.3 is 0 Å². The van der Waals surface area contributed by atoms with E-state index in [9.17, 15) is 18.5 Å². The molecule has 1 amide bonds. The molecule has 166 valence electrons. The summed E-state index contributed by atoms with van der Waals surface area (Å²) in [5, 5.41) is 14.7. The fourth-order valence-electron chi connectivity index (χ4n) is 2.83. The number of anilines is 3. The molecule has 0 radical (unpaired) electrons. The van der Waals surface area contributed by atoms with Gasteiger partial charge in [0.05, 0.1) is 4.90 Å². The van der Waals surface area contributed by atoms with E-state index in [1.807, 2.05) is 31.2 Å². The van der Waals surface area contributed by atoms with Gasteiger partial charge in [-0.15, -0.1) is 0 Å². The lowest BCUT2D eigenvalue weighted by Crippen LogP contribution is -3.00. The van der Waals surface area contributed by atoms with Crippen LogP contribution in [0.2, 0.25) is 0 Å². The predicted octanol–water partition coefficient (Wildman–Crippen LogP) is 0.550. The lowest BCUT2D eigenvalue weighted by molar-refractivity contribution is -0.112. The Balaban J connectivity index is 0.00000480. The van der Waals surface area contributed by atoms with Crippen molar-refractivity contribution in [1.29, 1.82) is 5.26 Å². The molecule has 0 aliphatic carbocycles. The van der Waals surface area contributed by atoms with Crippen molar-refractivity contribution in [2.24, 2.45) is 0 Å². The third-order valence-electron chi connectivity index (χ3n) is 4.47. The SMILES string of the molecule is CCN(CC)c1ccc(N/C=C(/C#N)C(=O)Nc2cccc(S(=O)(=O)O)c2)c(C)c1.[Cl-]. The molecule has 0 aliphatic heterocycles. The summed E-state index contributed by atoms with van der Waals surface area (Å²) in [6.07, 6.45) is 1.29. The van der Waals surface area contributed by atoms with Crippen molar-refractivity contribution in [1.82, 2.24) is 0 Å². The minimum atomic E-state index is -4.40. The van der Waals surface area contributed by atoms with E-state index in [2.05, 4.69) is 29.4 Å². The van der Waals surface area contributed by atoms with E-state index in [1.165, 1.54) is 24.4 Å². The quantitative estimate of drug-likeness (QED) is 0.297. The topological polar surface area (TPSA) is 123 Å². The summed E-state index contributed by atoms with van der Waals surface area (Å²) in [6.45, 7) is 7.87. The molecule has 0 fully saturated rings. The number of nitrogens with zero attached hydrogens (tertiary/aromatic N) is 2.